The molecule has 5 nitrogen and oxygen atoms in total. The number of hydrogen-bond acceptors (Lipinski definition) is 3. The van der Waals surface area contributed by atoms with E-state index in [0.29, 0.717) is 17.7 Å². The summed E-state index contributed by atoms with van der Waals surface area (Å²) < 4.78 is 45.3. The molecular weight excluding hydrogens is 421 g/mol. The molecule has 1 aromatic heterocycles. The van der Waals surface area contributed by atoms with Crippen LogP contribution < -0.4 is 4.74 Å². The van der Waals surface area contributed by atoms with Crippen molar-refractivity contribution in [1.29, 1.82) is 0 Å². The predicted octanol–water partition coefficient (Wildman–Crippen LogP) is 6.05. The summed E-state index contributed by atoms with van der Waals surface area (Å²) >= 11 is 0. The van der Waals surface area contributed by atoms with E-state index in [0.717, 1.165) is 34.5 Å². The highest BCUT2D eigenvalue weighted by atomic mass is 19.4. The van der Waals surface area contributed by atoms with E-state index >= 15 is 0 Å². The third-order valence-corrected chi connectivity index (χ3v) is 5.25. The van der Waals surface area contributed by atoms with Gasteiger partial charge in [-0.05, 0) is 60.2 Å². The number of carboxylic acids is 1. The maximum Gasteiger partial charge on any atom is 0.416 e. The van der Waals surface area contributed by atoms with Crippen LogP contribution >= 0.6 is 0 Å². The number of aliphatic carboxylic acids is 1. The zero-order chi connectivity index (χ0) is 23.5. The van der Waals surface area contributed by atoms with Gasteiger partial charge in [-0.2, -0.15) is 18.3 Å². The second-order valence-corrected chi connectivity index (χ2v) is 7.98. The number of nitrogens with zero attached hydrogens (tertiary/aromatic N) is 1. The molecule has 1 unspecified atom stereocenters. The van der Waals surface area contributed by atoms with E-state index in [1.54, 1.807) is 12.3 Å². The van der Waals surface area contributed by atoms with Gasteiger partial charge in [-0.25, -0.2) is 0 Å². The predicted molar refractivity (Wildman–Crippen MR) is 114 cm³/mol. The zero-order valence-electron chi connectivity index (χ0n) is 18.0. The molecule has 0 aliphatic carbocycles. The number of benzene rings is 2. The number of rotatable bonds is 8. The quantitative estimate of drug-likeness (QED) is 0.442. The van der Waals surface area contributed by atoms with Crippen molar-refractivity contribution in [2.24, 2.45) is 0 Å². The van der Waals surface area contributed by atoms with Crippen molar-refractivity contribution in [1.82, 2.24) is 10.2 Å². The summed E-state index contributed by atoms with van der Waals surface area (Å²) in [6.45, 7) is 5.82. The molecular formula is C24H25F3N2O3. The van der Waals surface area contributed by atoms with Crippen LogP contribution in [0.4, 0.5) is 13.2 Å². The van der Waals surface area contributed by atoms with Crippen molar-refractivity contribution >= 4 is 5.97 Å². The van der Waals surface area contributed by atoms with Gasteiger partial charge in [-0.15, -0.1) is 0 Å². The maximum absolute atomic E-state index is 13.0. The minimum Gasteiger partial charge on any atom is -0.481 e. The van der Waals surface area contributed by atoms with Crippen LogP contribution in [-0.4, -0.2) is 21.3 Å². The molecule has 0 spiro atoms. The highest BCUT2D eigenvalue weighted by molar-refractivity contribution is 5.67. The van der Waals surface area contributed by atoms with Gasteiger partial charge in [0.25, 0.3) is 0 Å². The molecule has 8 heteroatoms. The lowest BCUT2D eigenvalue weighted by atomic mass is 9.96. The van der Waals surface area contributed by atoms with Gasteiger partial charge in [-0.1, -0.05) is 32.0 Å². The van der Waals surface area contributed by atoms with Crippen molar-refractivity contribution in [3.63, 3.8) is 0 Å². The molecule has 0 aliphatic heterocycles. The normalized spacial score (nSPS) is 12.7. The van der Waals surface area contributed by atoms with Crippen LogP contribution in [0.1, 0.15) is 65.8 Å². The number of carbonyl (C=O) groups is 1. The summed E-state index contributed by atoms with van der Waals surface area (Å²) in [5.74, 6) is -0.257. The first-order valence-corrected chi connectivity index (χ1v) is 10.2. The smallest absolute Gasteiger partial charge is 0.416 e. The third kappa shape index (κ3) is 5.49. The van der Waals surface area contributed by atoms with Crippen molar-refractivity contribution in [3.05, 3.63) is 82.2 Å². The summed E-state index contributed by atoms with van der Waals surface area (Å²) in [5.41, 5.74) is 3.13. The van der Waals surface area contributed by atoms with Gasteiger partial charge in [0.2, 0.25) is 0 Å². The van der Waals surface area contributed by atoms with Crippen molar-refractivity contribution in [2.75, 3.05) is 0 Å². The Balaban J connectivity index is 1.96. The average molecular weight is 446 g/mol. The maximum atomic E-state index is 13.0. The van der Waals surface area contributed by atoms with E-state index in [9.17, 15) is 18.0 Å². The number of carboxylic acid groups (broad SMARTS) is 1. The van der Waals surface area contributed by atoms with E-state index in [-0.39, 0.29) is 12.3 Å². The molecule has 0 radical (unpaired) electrons. The molecule has 2 aromatic carbocycles. The van der Waals surface area contributed by atoms with Crippen molar-refractivity contribution < 1.29 is 27.8 Å². The minimum absolute atomic E-state index is 0.0298. The fourth-order valence-electron chi connectivity index (χ4n) is 3.54. The number of aryl methyl sites for hydroxylation is 2. The Kier molecular flexibility index (Phi) is 6.91. The summed E-state index contributed by atoms with van der Waals surface area (Å²) in [6.07, 6.45) is -2.95. The monoisotopic (exact) mass is 446 g/mol. The van der Waals surface area contributed by atoms with Gasteiger partial charge < -0.3 is 9.84 Å². The zero-order valence-corrected chi connectivity index (χ0v) is 18.0. The lowest BCUT2D eigenvalue weighted by Gasteiger charge is -2.22. The first-order chi connectivity index (χ1) is 15.1. The Labute approximate surface area is 184 Å². The minimum atomic E-state index is -4.42. The highest BCUT2D eigenvalue weighted by Crippen LogP contribution is 2.35. The summed E-state index contributed by atoms with van der Waals surface area (Å²) in [6, 6.07) is 10.3. The summed E-state index contributed by atoms with van der Waals surface area (Å²) in [4.78, 5) is 10.9. The number of aromatic nitrogens is 2. The van der Waals surface area contributed by atoms with E-state index < -0.39 is 23.8 Å². The molecule has 1 atom stereocenters. The van der Waals surface area contributed by atoms with Crippen LogP contribution in [0.5, 0.6) is 5.75 Å². The van der Waals surface area contributed by atoms with Crippen LogP contribution in [0.3, 0.4) is 0 Å². The molecule has 0 amide bonds. The summed E-state index contributed by atoms with van der Waals surface area (Å²) in [7, 11) is 0. The number of aromatic amines is 1. The Morgan fingerprint density at radius 1 is 1.16 bits per heavy atom. The molecule has 2 N–H and O–H groups in total. The number of ether oxygens (including phenoxy) is 1. The molecule has 0 saturated heterocycles. The van der Waals surface area contributed by atoms with Gasteiger partial charge in [0.05, 0.1) is 11.3 Å². The molecule has 32 heavy (non-hydrogen) atoms. The Morgan fingerprint density at radius 2 is 1.84 bits per heavy atom. The van der Waals surface area contributed by atoms with Gasteiger partial charge in [0, 0.05) is 18.2 Å². The van der Waals surface area contributed by atoms with Gasteiger partial charge in [0.15, 0.2) is 6.10 Å². The number of alkyl halides is 3. The number of hydrogen-bond donors (Lipinski definition) is 2. The van der Waals surface area contributed by atoms with Crippen molar-refractivity contribution in [2.45, 2.75) is 51.8 Å². The Bertz CT molecular complexity index is 1070. The standard InChI is InChI=1S/C24H25F3N2O3/c1-14(2)22-20(13-28-29-22)23(17-4-8-18(9-5-17)24(25,26)27)32-19-10-6-16(15(3)12-19)7-11-21(30)31/h4-6,8-10,12-14,23H,7,11H2,1-3H3,(H,28,29)(H,30,31). The molecule has 0 aliphatic rings. The average Bonchev–Trinajstić information content (AvgIpc) is 3.20. The molecule has 3 rings (SSSR count). The van der Waals surface area contributed by atoms with Crippen LogP contribution in [0, 0.1) is 6.92 Å². The Hall–Kier alpha value is -3.29. The topological polar surface area (TPSA) is 75.2 Å². The lowest BCUT2D eigenvalue weighted by Crippen LogP contribution is -2.13. The number of nitrogens with one attached hydrogen (secondary N) is 1. The molecule has 0 bridgehead atoms. The fourth-order valence-corrected chi connectivity index (χ4v) is 3.54. The van der Waals surface area contributed by atoms with Gasteiger partial charge in [-0.3, -0.25) is 9.89 Å². The van der Waals surface area contributed by atoms with Crippen LogP contribution in [-0.2, 0) is 17.4 Å². The highest BCUT2D eigenvalue weighted by Gasteiger charge is 2.31. The third-order valence-electron chi connectivity index (χ3n) is 5.25. The van der Waals surface area contributed by atoms with Crippen LogP contribution in [0.2, 0.25) is 0 Å². The van der Waals surface area contributed by atoms with Crippen molar-refractivity contribution in [3.8, 4) is 5.75 Å². The lowest BCUT2D eigenvalue weighted by molar-refractivity contribution is -0.138. The number of halogens is 3. The van der Waals surface area contributed by atoms with Crippen LogP contribution in [0.15, 0.2) is 48.7 Å². The number of H-pyrrole nitrogens is 1. The van der Waals surface area contributed by atoms with Crippen LogP contribution in [0.25, 0.3) is 0 Å². The van der Waals surface area contributed by atoms with E-state index in [1.165, 1.54) is 12.1 Å². The first-order valence-electron chi connectivity index (χ1n) is 10.2. The van der Waals surface area contributed by atoms with E-state index in [4.69, 9.17) is 9.84 Å². The molecule has 1 heterocycles. The first kappa shape index (κ1) is 23.4. The van der Waals surface area contributed by atoms with Gasteiger partial charge >= 0.3 is 12.1 Å². The largest absolute Gasteiger partial charge is 0.481 e. The second-order valence-electron chi connectivity index (χ2n) is 7.98. The molecule has 170 valence electrons. The molecule has 0 fully saturated rings. The summed E-state index contributed by atoms with van der Waals surface area (Å²) in [5, 5.41) is 16.0. The second kappa shape index (κ2) is 9.46. The SMILES string of the molecule is Cc1cc(OC(c2ccc(C(F)(F)F)cc2)c2c[nH]nc2C(C)C)ccc1CCC(=O)O. The molecule has 3 aromatic rings. The Morgan fingerprint density at radius 3 is 2.41 bits per heavy atom. The van der Waals surface area contributed by atoms with E-state index in [1.807, 2.05) is 32.9 Å². The van der Waals surface area contributed by atoms with E-state index in [2.05, 4.69) is 10.2 Å². The molecule has 0 saturated carbocycles. The fraction of sp³-hybridized carbons (Fsp3) is 0.333. The van der Waals surface area contributed by atoms with Gasteiger partial charge in [0.1, 0.15) is 5.75 Å².